The highest BCUT2D eigenvalue weighted by Crippen LogP contribution is 2.18. The molecule has 0 aromatic heterocycles. The molecule has 0 aromatic carbocycles. The Morgan fingerprint density at radius 2 is 1.24 bits per heavy atom. The van der Waals surface area contributed by atoms with Gasteiger partial charge in [-0.15, -0.1) is 0 Å². The number of hydrogen-bond acceptors (Lipinski definition) is 10. The monoisotopic (exact) mass is 316 g/mol. The molecule has 11 heteroatoms. The van der Waals surface area contributed by atoms with Crippen LogP contribution in [0.3, 0.4) is 0 Å². The molecule has 0 rings (SSSR count). The second-order valence-corrected chi connectivity index (χ2v) is 4.45. The second-order valence-electron chi connectivity index (χ2n) is 4.45. The second kappa shape index (κ2) is 10.8. The first-order chi connectivity index (χ1) is 9.79. The number of carboxylic acid groups (broad SMARTS) is 1. The third-order valence-corrected chi connectivity index (χ3v) is 3.06. The SMILES string of the molecule is NOC(N)C(CO)(CO)CO.O=C(O)C(CO)(CO)CO. The molecule has 0 radical (unpaired) electrons. The molecule has 0 saturated heterocycles. The summed E-state index contributed by atoms with van der Waals surface area (Å²) in [7, 11) is 0. The molecule has 0 amide bonds. The van der Waals surface area contributed by atoms with Crippen LogP contribution in [0.25, 0.3) is 0 Å². The van der Waals surface area contributed by atoms with Crippen molar-refractivity contribution in [2.75, 3.05) is 39.6 Å². The fourth-order valence-corrected chi connectivity index (χ4v) is 0.917. The number of nitrogens with two attached hydrogens (primary N) is 2. The largest absolute Gasteiger partial charge is 0.481 e. The van der Waals surface area contributed by atoms with Gasteiger partial charge in [-0.1, -0.05) is 0 Å². The Morgan fingerprint density at radius 1 is 0.905 bits per heavy atom. The third kappa shape index (κ3) is 5.78. The number of carbonyl (C=O) groups is 1. The Hall–Kier alpha value is -0.890. The quantitative estimate of drug-likeness (QED) is 0.145. The number of aliphatic hydroxyl groups is 6. The van der Waals surface area contributed by atoms with Gasteiger partial charge in [-0.3, -0.25) is 9.63 Å². The summed E-state index contributed by atoms with van der Waals surface area (Å²) in [6.07, 6.45) is -1.08. The van der Waals surface area contributed by atoms with Crippen LogP contribution < -0.4 is 11.6 Å². The van der Waals surface area contributed by atoms with E-state index in [1.54, 1.807) is 0 Å². The van der Waals surface area contributed by atoms with E-state index < -0.39 is 62.7 Å². The van der Waals surface area contributed by atoms with Gasteiger partial charge < -0.3 is 41.5 Å². The van der Waals surface area contributed by atoms with Gasteiger partial charge in [0.2, 0.25) is 0 Å². The van der Waals surface area contributed by atoms with Crippen LogP contribution in [0.4, 0.5) is 0 Å². The van der Waals surface area contributed by atoms with E-state index in [-0.39, 0.29) is 0 Å². The average molecular weight is 316 g/mol. The molecule has 1 unspecified atom stereocenters. The van der Waals surface area contributed by atoms with Gasteiger partial charge in [0, 0.05) is 0 Å². The summed E-state index contributed by atoms with van der Waals surface area (Å²) in [5, 5.41) is 59.9. The van der Waals surface area contributed by atoms with E-state index in [4.69, 9.17) is 47.4 Å². The number of rotatable bonds is 9. The van der Waals surface area contributed by atoms with Crippen molar-refractivity contribution in [3.63, 3.8) is 0 Å². The fraction of sp³-hybridized carbons (Fsp3) is 0.900. The van der Waals surface area contributed by atoms with Crippen LogP contribution in [0.1, 0.15) is 0 Å². The lowest BCUT2D eigenvalue weighted by molar-refractivity contribution is -0.158. The van der Waals surface area contributed by atoms with Gasteiger partial charge in [-0.25, -0.2) is 5.90 Å². The minimum absolute atomic E-state index is 0.488. The predicted octanol–water partition coefficient (Wildman–Crippen LogP) is -4.84. The molecule has 0 saturated carbocycles. The van der Waals surface area contributed by atoms with Crippen molar-refractivity contribution >= 4 is 5.97 Å². The first-order valence-electron chi connectivity index (χ1n) is 5.79. The van der Waals surface area contributed by atoms with Crippen LogP contribution in [0.2, 0.25) is 0 Å². The molecule has 128 valence electrons. The van der Waals surface area contributed by atoms with E-state index in [0.717, 1.165) is 0 Å². The summed E-state index contributed by atoms with van der Waals surface area (Å²) in [6, 6.07) is 0. The molecule has 0 fully saturated rings. The van der Waals surface area contributed by atoms with Gasteiger partial charge in [-0.05, 0) is 0 Å². The summed E-state index contributed by atoms with van der Waals surface area (Å²) in [4.78, 5) is 14.4. The van der Waals surface area contributed by atoms with Crippen LogP contribution in [0.5, 0.6) is 0 Å². The Kier molecular flexibility index (Phi) is 11.5. The van der Waals surface area contributed by atoms with E-state index in [9.17, 15) is 4.79 Å². The zero-order valence-electron chi connectivity index (χ0n) is 11.4. The maximum Gasteiger partial charge on any atom is 0.316 e. The highest BCUT2D eigenvalue weighted by molar-refractivity contribution is 5.75. The molecular weight excluding hydrogens is 292 g/mol. The number of aliphatic carboxylic acids is 1. The van der Waals surface area contributed by atoms with Gasteiger partial charge in [0.05, 0.1) is 45.1 Å². The van der Waals surface area contributed by atoms with Crippen molar-refractivity contribution in [3.05, 3.63) is 0 Å². The third-order valence-electron chi connectivity index (χ3n) is 3.06. The van der Waals surface area contributed by atoms with Gasteiger partial charge in [0.1, 0.15) is 11.6 Å². The van der Waals surface area contributed by atoms with Crippen LogP contribution >= 0.6 is 0 Å². The van der Waals surface area contributed by atoms with Crippen LogP contribution in [-0.2, 0) is 9.63 Å². The van der Waals surface area contributed by atoms with E-state index in [2.05, 4.69) is 4.84 Å². The molecule has 0 spiro atoms. The van der Waals surface area contributed by atoms with Crippen molar-refractivity contribution in [2.24, 2.45) is 22.5 Å². The van der Waals surface area contributed by atoms with Crippen molar-refractivity contribution in [1.29, 1.82) is 0 Å². The molecule has 0 aliphatic carbocycles. The first kappa shape index (κ1) is 22.4. The summed E-state index contributed by atoms with van der Waals surface area (Å²) in [5.41, 5.74) is 2.20. The van der Waals surface area contributed by atoms with Gasteiger partial charge in [0.25, 0.3) is 0 Å². The van der Waals surface area contributed by atoms with E-state index >= 15 is 0 Å². The highest BCUT2D eigenvalue weighted by atomic mass is 16.6. The number of carboxylic acids is 1. The van der Waals surface area contributed by atoms with Crippen LogP contribution in [0, 0.1) is 10.8 Å². The minimum Gasteiger partial charge on any atom is -0.481 e. The van der Waals surface area contributed by atoms with Gasteiger partial charge in [0.15, 0.2) is 0 Å². The Balaban J connectivity index is 0. The molecule has 11 nitrogen and oxygen atoms in total. The van der Waals surface area contributed by atoms with Gasteiger partial charge in [-0.2, -0.15) is 0 Å². The molecule has 0 heterocycles. The van der Waals surface area contributed by atoms with Crippen LogP contribution in [-0.4, -0.2) is 87.6 Å². The van der Waals surface area contributed by atoms with Crippen molar-refractivity contribution in [1.82, 2.24) is 0 Å². The molecule has 11 N–H and O–H groups in total. The maximum absolute atomic E-state index is 10.2. The molecule has 0 aliphatic heterocycles. The predicted molar refractivity (Wildman–Crippen MR) is 68.3 cm³/mol. The molecule has 21 heavy (non-hydrogen) atoms. The topological polar surface area (TPSA) is 220 Å². The van der Waals surface area contributed by atoms with E-state index in [0.29, 0.717) is 0 Å². The standard InChI is InChI=1S/C5H14N2O4.C5H10O5/c6-4(11-7)5(1-8,2-9)3-10;6-1-5(2-7,3-8)4(9)10/h4,8-10H,1-3,6-7H2;6-8H,1-3H2,(H,9,10). The number of hydrogen-bond donors (Lipinski definition) is 9. The summed E-state index contributed by atoms with van der Waals surface area (Å²) in [6.45, 7) is -3.77. The summed E-state index contributed by atoms with van der Waals surface area (Å²) >= 11 is 0. The minimum atomic E-state index is -1.79. The van der Waals surface area contributed by atoms with Crippen molar-refractivity contribution in [2.45, 2.75) is 6.23 Å². The lowest BCUT2D eigenvalue weighted by Gasteiger charge is -2.31. The fourth-order valence-electron chi connectivity index (χ4n) is 0.917. The smallest absolute Gasteiger partial charge is 0.316 e. The Labute approximate surface area is 120 Å². The highest BCUT2D eigenvalue weighted by Gasteiger charge is 2.37. The van der Waals surface area contributed by atoms with Crippen molar-refractivity contribution in [3.8, 4) is 0 Å². The number of aliphatic hydroxyl groups excluding tert-OH is 6. The lowest BCUT2D eigenvalue weighted by Crippen LogP contribution is -2.52. The zero-order valence-corrected chi connectivity index (χ0v) is 11.4. The molecule has 0 aliphatic rings. The Bertz CT molecular complexity index is 265. The summed E-state index contributed by atoms with van der Waals surface area (Å²) < 4.78 is 0. The molecular formula is C10H24N2O9. The van der Waals surface area contributed by atoms with E-state index in [1.165, 1.54) is 0 Å². The first-order valence-corrected chi connectivity index (χ1v) is 5.79. The zero-order chi connectivity index (χ0) is 17.1. The van der Waals surface area contributed by atoms with Crippen LogP contribution in [0.15, 0.2) is 0 Å². The lowest BCUT2D eigenvalue weighted by atomic mass is 9.89. The molecule has 0 aromatic rings. The van der Waals surface area contributed by atoms with E-state index in [1.807, 2.05) is 0 Å². The van der Waals surface area contributed by atoms with Gasteiger partial charge >= 0.3 is 5.97 Å². The summed E-state index contributed by atoms with van der Waals surface area (Å²) in [5.74, 6) is 3.32. The average Bonchev–Trinajstić information content (AvgIpc) is 2.52. The maximum atomic E-state index is 10.2. The molecule has 1 atom stereocenters. The molecule has 0 bridgehead atoms. The Morgan fingerprint density at radius 3 is 1.29 bits per heavy atom. The normalized spacial score (nSPS) is 13.3. The van der Waals surface area contributed by atoms with Crippen molar-refractivity contribution < 1.29 is 45.4 Å².